The Morgan fingerprint density at radius 2 is 1.75 bits per heavy atom. The van der Waals surface area contributed by atoms with E-state index in [1.54, 1.807) is 0 Å². The zero-order valence-corrected chi connectivity index (χ0v) is 5.59. The maximum absolute atomic E-state index is 5.03. The van der Waals surface area contributed by atoms with Gasteiger partial charge < -0.3 is 17.2 Å². The third-order valence-corrected chi connectivity index (χ3v) is 0.694. The molecule has 0 atom stereocenters. The maximum Gasteiger partial charge on any atom is 0.230 e. The molecule has 0 aliphatic heterocycles. The first-order valence-corrected chi connectivity index (χ1v) is 2.42. The molecule has 0 bridgehead atoms. The van der Waals surface area contributed by atoms with Crippen LogP contribution in [-0.2, 0) is 0 Å². The molecule has 0 radical (unpaired) electrons. The zero-order chi connectivity index (χ0) is 6.57. The van der Waals surface area contributed by atoms with Gasteiger partial charge in [0, 0.05) is 0 Å². The van der Waals surface area contributed by atoms with Crippen LogP contribution in [-0.4, -0.2) is 11.9 Å². The van der Waals surface area contributed by atoms with Crippen LogP contribution in [0.3, 0.4) is 0 Å². The molecule has 0 spiro atoms. The van der Waals surface area contributed by atoms with Crippen LogP contribution in [0.15, 0.2) is 9.01 Å². The van der Waals surface area contributed by atoms with E-state index in [0.717, 1.165) is 0 Å². The molecule has 0 heterocycles. The van der Waals surface area contributed by atoms with E-state index in [-0.39, 0.29) is 11.9 Å². The second kappa shape index (κ2) is 3.25. The van der Waals surface area contributed by atoms with Gasteiger partial charge in [-0.15, -0.1) is 0 Å². The lowest BCUT2D eigenvalue weighted by Crippen LogP contribution is -2.26. The van der Waals surface area contributed by atoms with Gasteiger partial charge in [-0.25, -0.2) is 0 Å². The lowest BCUT2D eigenvalue weighted by atomic mass is 11.0. The Balaban J connectivity index is 3.89. The van der Waals surface area contributed by atoms with Gasteiger partial charge in [0.25, 0.3) is 0 Å². The highest BCUT2D eigenvalue weighted by Crippen LogP contribution is 1.79. The summed E-state index contributed by atoms with van der Waals surface area (Å²) >= 11 is 2.69. The molecule has 0 aliphatic carbocycles. The molecular weight excluding hydrogens is 174 g/mol. The summed E-state index contributed by atoms with van der Waals surface area (Å²) in [6, 6.07) is 0. The molecule has 0 saturated heterocycles. The molecular formula is C2H6BrN5. The molecule has 6 heteroatoms. The molecule has 5 nitrogen and oxygen atoms in total. The Morgan fingerprint density at radius 1 is 1.25 bits per heavy atom. The van der Waals surface area contributed by atoms with Gasteiger partial charge in [-0.1, -0.05) is 0 Å². The predicted octanol–water partition coefficient (Wildman–Crippen LogP) is -1.12. The number of aliphatic imine (C=N–C) groups is 1. The molecule has 6 N–H and O–H groups in total. The van der Waals surface area contributed by atoms with Crippen molar-refractivity contribution in [3.8, 4) is 0 Å². The average Bonchev–Trinajstić information content (AvgIpc) is 1.65. The van der Waals surface area contributed by atoms with Crippen molar-refractivity contribution in [2.75, 3.05) is 0 Å². The van der Waals surface area contributed by atoms with Gasteiger partial charge in [-0.2, -0.15) is 9.01 Å². The van der Waals surface area contributed by atoms with Crippen LogP contribution in [0.5, 0.6) is 0 Å². The van der Waals surface area contributed by atoms with Gasteiger partial charge >= 0.3 is 0 Å². The number of nitrogens with two attached hydrogens (primary N) is 3. The number of hydrogen-bond acceptors (Lipinski definition) is 1. The van der Waals surface area contributed by atoms with Crippen LogP contribution in [0.1, 0.15) is 0 Å². The molecule has 0 saturated carbocycles. The Hall–Kier alpha value is -0.780. The van der Waals surface area contributed by atoms with Crippen molar-refractivity contribution in [2.24, 2.45) is 26.2 Å². The van der Waals surface area contributed by atoms with Gasteiger partial charge in [-0.3, -0.25) is 0 Å². The molecule has 0 rings (SSSR count). The molecule has 0 aromatic heterocycles. The fourth-order valence-corrected chi connectivity index (χ4v) is 0.230. The molecule has 8 heavy (non-hydrogen) atoms. The standard InChI is InChI=1S/C2H6BrN5/c3-8-2(6)7-1(4)5/h(H6,4,5,6,7,8). The van der Waals surface area contributed by atoms with Gasteiger partial charge in [0.2, 0.25) is 5.96 Å². The van der Waals surface area contributed by atoms with E-state index in [1.807, 2.05) is 0 Å². The van der Waals surface area contributed by atoms with E-state index in [9.17, 15) is 0 Å². The monoisotopic (exact) mass is 179 g/mol. The maximum atomic E-state index is 5.03. The zero-order valence-electron chi connectivity index (χ0n) is 4.00. The van der Waals surface area contributed by atoms with Crippen LogP contribution >= 0.6 is 16.1 Å². The largest absolute Gasteiger partial charge is 0.370 e. The summed E-state index contributed by atoms with van der Waals surface area (Å²) in [5, 5.41) is 0. The Labute approximate surface area is 55.0 Å². The first-order valence-electron chi connectivity index (χ1n) is 1.71. The normalized spacial score (nSPS) is 10.9. The van der Waals surface area contributed by atoms with Crippen molar-refractivity contribution in [3.05, 3.63) is 0 Å². The second-order valence-corrected chi connectivity index (χ2v) is 1.33. The quantitative estimate of drug-likeness (QED) is 0.325. The van der Waals surface area contributed by atoms with Crippen LogP contribution in [0, 0.1) is 0 Å². The summed E-state index contributed by atoms with van der Waals surface area (Å²) in [6.07, 6.45) is 0. The molecule has 0 aromatic carbocycles. The van der Waals surface area contributed by atoms with Gasteiger partial charge in [0.05, 0.1) is 16.1 Å². The van der Waals surface area contributed by atoms with Gasteiger partial charge in [0.15, 0.2) is 5.96 Å². The fraction of sp³-hybridized carbons (Fsp3) is 0. The van der Waals surface area contributed by atoms with E-state index >= 15 is 0 Å². The number of halogens is 1. The molecule has 0 aromatic rings. The van der Waals surface area contributed by atoms with Crippen molar-refractivity contribution in [3.63, 3.8) is 0 Å². The lowest BCUT2D eigenvalue weighted by molar-refractivity contribution is 1.44. The van der Waals surface area contributed by atoms with Crippen molar-refractivity contribution in [2.45, 2.75) is 0 Å². The van der Waals surface area contributed by atoms with Crippen LogP contribution in [0.2, 0.25) is 0 Å². The second-order valence-electron chi connectivity index (χ2n) is 0.979. The Morgan fingerprint density at radius 3 is 1.88 bits per heavy atom. The summed E-state index contributed by atoms with van der Waals surface area (Å²) in [5.41, 5.74) is 14.9. The highest BCUT2D eigenvalue weighted by molar-refractivity contribution is 9.08. The third-order valence-electron chi connectivity index (χ3n) is 0.330. The van der Waals surface area contributed by atoms with Crippen LogP contribution < -0.4 is 17.2 Å². The summed E-state index contributed by atoms with van der Waals surface area (Å²) in [5.74, 6) is -0.101. The molecule has 0 aliphatic rings. The summed E-state index contributed by atoms with van der Waals surface area (Å²) in [6.45, 7) is 0. The van der Waals surface area contributed by atoms with E-state index in [1.165, 1.54) is 0 Å². The van der Waals surface area contributed by atoms with Crippen molar-refractivity contribution in [1.82, 2.24) is 0 Å². The Kier molecular flexibility index (Phi) is 2.93. The van der Waals surface area contributed by atoms with Crippen LogP contribution in [0.25, 0.3) is 0 Å². The first-order chi connectivity index (χ1) is 3.66. The molecule has 0 fully saturated rings. The average molecular weight is 180 g/mol. The van der Waals surface area contributed by atoms with E-state index < -0.39 is 0 Å². The Bertz CT molecular complexity index is 122. The summed E-state index contributed by atoms with van der Waals surface area (Å²) in [7, 11) is 0. The van der Waals surface area contributed by atoms with Gasteiger partial charge in [-0.05, 0) is 0 Å². The minimum absolute atomic E-state index is 0.00463. The van der Waals surface area contributed by atoms with E-state index in [0.29, 0.717) is 0 Å². The highest BCUT2D eigenvalue weighted by Gasteiger charge is 1.82. The highest BCUT2D eigenvalue weighted by atomic mass is 79.9. The number of hydrogen-bond donors (Lipinski definition) is 3. The number of guanidine groups is 2. The minimum Gasteiger partial charge on any atom is -0.370 e. The number of rotatable bonds is 0. The minimum atomic E-state index is -0.106. The molecule has 0 unspecified atom stereocenters. The predicted molar refractivity (Wildman–Crippen MR) is 36.4 cm³/mol. The lowest BCUT2D eigenvalue weighted by Gasteiger charge is -1.86. The SMILES string of the molecule is NC(N)=NC(N)=NBr. The molecule has 0 amide bonds. The van der Waals surface area contributed by atoms with Crippen LogP contribution in [0.4, 0.5) is 0 Å². The smallest absolute Gasteiger partial charge is 0.230 e. The van der Waals surface area contributed by atoms with Crippen molar-refractivity contribution >= 4 is 28.1 Å². The first kappa shape index (κ1) is 7.22. The van der Waals surface area contributed by atoms with Gasteiger partial charge in [0.1, 0.15) is 0 Å². The van der Waals surface area contributed by atoms with E-state index in [4.69, 9.17) is 17.2 Å². The number of nitrogens with zero attached hydrogens (tertiary/aromatic N) is 2. The third kappa shape index (κ3) is 3.41. The van der Waals surface area contributed by atoms with Crippen molar-refractivity contribution < 1.29 is 0 Å². The molecule has 46 valence electrons. The summed E-state index contributed by atoms with van der Waals surface area (Å²) in [4.78, 5) is 3.35. The van der Waals surface area contributed by atoms with Crippen molar-refractivity contribution in [1.29, 1.82) is 0 Å². The fourth-order valence-electron chi connectivity index (χ4n) is 0.151. The summed E-state index contributed by atoms with van der Waals surface area (Å²) < 4.78 is 3.29. The topological polar surface area (TPSA) is 103 Å². The van der Waals surface area contributed by atoms with E-state index in [2.05, 4.69) is 25.2 Å².